The number of aromatic nitrogens is 2. The molecule has 1 aliphatic carbocycles. The van der Waals surface area contributed by atoms with Crippen molar-refractivity contribution in [2.24, 2.45) is 0 Å². The van der Waals surface area contributed by atoms with Crippen LogP contribution in [0.15, 0.2) is 12.4 Å². The quantitative estimate of drug-likeness (QED) is 0.781. The second kappa shape index (κ2) is 6.21. The minimum absolute atomic E-state index is 0.325. The lowest BCUT2D eigenvalue weighted by atomic mass is 9.91. The van der Waals surface area contributed by atoms with Gasteiger partial charge in [-0.2, -0.15) is 5.26 Å². The van der Waals surface area contributed by atoms with Crippen molar-refractivity contribution in [1.82, 2.24) is 14.9 Å². The summed E-state index contributed by atoms with van der Waals surface area (Å²) < 4.78 is 2.20. The number of nitrogens with zero attached hydrogens (tertiary/aromatic N) is 3. The van der Waals surface area contributed by atoms with Crippen molar-refractivity contribution >= 4 is 0 Å². The molecule has 1 unspecified atom stereocenters. The smallest absolute Gasteiger partial charge is 0.108 e. The van der Waals surface area contributed by atoms with Crippen LogP contribution in [0.5, 0.6) is 0 Å². The highest BCUT2D eigenvalue weighted by Gasteiger charge is 2.34. The number of nitriles is 1. The van der Waals surface area contributed by atoms with E-state index in [1.165, 1.54) is 12.8 Å². The molecule has 4 nitrogen and oxygen atoms in total. The summed E-state index contributed by atoms with van der Waals surface area (Å²) in [4.78, 5) is 4.33. The topological polar surface area (TPSA) is 53.6 Å². The fourth-order valence-electron chi connectivity index (χ4n) is 2.55. The standard InChI is InChI=1S/C15H24N4/c1-3-14-17-9-11-19(14)10-5-8-15(4-2,12-16)18-13-6-7-13/h9,11,13,18H,3-8,10H2,1-2H3. The Morgan fingerprint density at radius 2 is 2.32 bits per heavy atom. The van der Waals surface area contributed by atoms with Crippen molar-refractivity contribution < 1.29 is 0 Å². The van der Waals surface area contributed by atoms with Gasteiger partial charge >= 0.3 is 0 Å². The number of aryl methyl sites for hydroxylation is 2. The van der Waals surface area contributed by atoms with Gasteiger partial charge in [0.25, 0.3) is 0 Å². The Kier molecular flexibility index (Phi) is 4.60. The van der Waals surface area contributed by atoms with Gasteiger partial charge in [-0.1, -0.05) is 13.8 Å². The van der Waals surface area contributed by atoms with E-state index in [-0.39, 0.29) is 5.54 Å². The summed E-state index contributed by atoms with van der Waals surface area (Å²) in [5, 5.41) is 13.0. The predicted octanol–water partition coefficient (Wildman–Crippen LogP) is 2.65. The number of hydrogen-bond donors (Lipinski definition) is 1. The third-order valence-corrected chi connectivity index (χ3v) is 4.00. The zero-order valence-corrected chi connectivity index (χ0v) is 12.0. The molecule has 0 bridgehead atoms. The van der Waals surface area contributed by atoms with Crippen LogP contribution in [0.4, 0.5) is 0 Å². The van der Waals surface area contributed by atoms with Crippen LogP contribution in [0.2, 0.25) is 0 Å². The van der Waals surface area contributed by atoms with Crippen molar-refractivity contribution in [1.29, 1.82) is 5.26 Å². The maximum atomic E-state index is 9.48. The molecule has 1 heterocycles. The number of imidazole rings is 1. The minimum Gasteiger partial charge on any atom is -0.335 e. The largest absolute Gasteiger partial charge is 0.335 e. The van der Waals surface area contributed by atoms with Crippen molar-refractivity contribution in [2.45, 2.75) is 70.5 Å². The summed E-state index contributed by atoms with van der Waals surface area (Å²) in [6.45, 7) is 5.19. The Hall–Kier alpha value is -1.34. The molecule has 1 atom stereocenters. The lowest BCUT2D eigenvalue weighted by Crippen LogP contribution is -2.44. The fourth-order valence-corrected chi connectivity index (χ4v) is 2.55. The van der Waals surface area contributed by atoms with Crippen LogP contribution in [-0.4, -0.2) is 21.1 Å². The molecule has 0 aromatic carbocycles. The lowest BCUT2D eigenvalue weighted by molar-refractivity contribution is 0.351. The first kappa shape index (κ1) is 14.1. The van der Waals surface area contributed by atoms with Gasteiger partial charge in [0, 0.05) is 31.4 Å². The summed E-state index contributed by atoms with van der Waals surface area (Å²) >= 11 is 0. The van der Waals surface area contributed by atoms with Crippen LogP contribution in [0, 0.1) is 11.3 Å². The molecule has 2 rings (SSSR count). The molecule has 1 saturated carbocycles. The first-order chi connectivity index (χ1) is 9.23. The molecule has 0 amide bonds. The van der Waals surface area contributed by atoms with Crippen molar-refractivity contribution in [3.05, 3.63) is 18.2 Å². The average molecular weight is 260 g/mol. The van der Waals surface area contributed by atoms with Gasteiger partial charge in [0.1, 0.15) is 11.4 Å². The van der Waals surface area contributed by atoms with E-state index in [9.17, 15) is 5.26 Å². The number of nitrogens with one attached hydrogen (secondary N) is 1. The van der Waals surface area contributed by atoms with E-state index < -0.39 is 0 Å². The first-order valence-corrected chi connectivity index (χ1v) is 7.42. The Labute approximate surface area is 115 Å². The van der Waals surface area contributed by atoms with Gasteiger partial charge in [0.15, 0.2) is 0 Å². The fraction of sp³-hybridized carbons (Fsp3) is 0.733. The zero-order chi connectivity index (χ0) is 13.7. The third-order valence-electron chi connectivity index (χ3n) is 4.00. The van der Waals surface area contributed by atoms with E-state index >= 15 is 0 Å². The van der Waals surface area contributed by atoms with Crippen LogP contribution in [-0.2, 0) is 13.0 Å². The van der Waals surface area contributed by atoms with Gasteiger partial charge in [-0.05, 0) is 32.1 Å². The molecule has 1 aromatic rings. The Balaban J connectivity index is 1.87. The highest BCUT2D eigenvalue weighted by molar-refractivity contribution is 5.09. The zero-order valence-electron chi connectivity index (χ0n) is 12.0. The second-order valence-corrected chi connectivity index (χ2v) is 5.46. The molecule has 1 aromatic heterocycles. The lowest BCUT2D eigenvalue weighted by Gasteiger charge is -2.27. The van der Waals surface area contributed by atoms with E-state index in [4.69, 9.17) is 0 Å². The van der Waals surface area contributed by atoms with E-state index in [0.717, 1.165) is 38.1 Å². The minimum atomic E-state index is -0.325. The van der Waals surface area contributed by atoms with Crippen molar-refractivity contribution in [2.75, 3.05) is 0 Å². The predicted molar refractivity (Wildman–Crippen MR) is 75.6 cm³/mol. The van der Waals surface area contributed by atoms with Crippen LogP contribution >= 0.6 is 0 Å². The van der Waals surface area contributed by atoms with Crippen LogP contribution in [0.3, 0.4) is 0 Å². The molecule has 19 heavy (non-hydrogen) atoms. The Bertz CT molecular complexity index is 441. The molecule has 0 saturated heterocycles. The highest BCUT2D eigenvalue weighted by Crippen LogP contribution is 2.26. The molecule has 0 spiro atoms. The van der Waals surface area contributed by atoms with E-state index in [2.05, 4.69) is 34.8 Å². The normalized spacial score (nSPS) is 17.9. The molecule has 104 valence electrons. The molecule has 1 N–H and O–H groups in total. The first-order valence-electron chi connectivity index (χ1n) is 7.42. The molecular formula is C15H24N4. The van der Waals surface area contributed by atoms with Crippen LogP contribution in [0.1, 0.15) is 51.8 Å². The third kappa shape index (κ3) is 3.57. The summed E-state index contributed by atoms with van der Waals surface area (Å²) in [5.41, 5.74) is -0.325. The molecule has 4 heteroatoms. The molecule has 1 aliphatic rings. The van der Waals surface area contributed by atoms with Gasteiger partial charge in [-0.3, -0.25) is 5.32 Å². The van der Waals surface area contributed by atoms with Crippen LogP contribution in [0.25, 0.3) is 0 Å². The molecule has 1 fully saturated rings. The van der Waals surface area contributed by atoms with Crippen LogP contribution < -0.4 is 5.32 Å². The van der Waals surface area contributed by atoms with E-state index in [0.29, 0.717) is 6.04 Å². The van der Waals surface area contributed by atoms with Gasteiger partial charge in [-0.25, -0.2) is 4.98 Å². The average Bonchev–Trinajstić information content (AvgIpc) is 3.13. The van der Waals surface area contributed by atoms with Gasteiger partial charge in [0.2, 0.25) is 0 Å². The van der Waals surface area contributed by atoms with Gasteiger partial charge < -0.3 is 4.57 Å². The monoisotopic (exact) mass is 260 g/mol. The Morgan fingerprint density at radius 3 is 2.89 bits per heavy atom. The number of hydrogen-bond acceptors (Lipinski definition) is 3. The van der Waals surface area contributed by atoms with Gasteiger partial charge in [0.05, 0.1) is 6.07 Å². The number of rotatable bonds is 8. The van der Waals surface area contributed by atoms with Crippen molar-refractivity contribution in [3.63, 3.8) is 0 Å². The van der Waals surface area contributed by atoms with E-state index in [1.54, 1.807) is 0 Å². The SMILES string of the molecule is CCc1nccn1CCCC(C#N)(CC)NC1CC1. The maximum absolute atomic E-state index is 9.48. The molecule has 0 radical (unpaired) electrons. The maximum Gasteiger partial charge on any atom is 0.108 e. The second-order valence-electron chi connectivity index (χ2n) is 5.46. The van der Waals surface area contributed by atoms with E-state index in [1.807, 2.05) is 12.4 Å². The van der Waals surface area contributed by atoms with Crippen molar-refractivity contribution in [3.8, 4) is 6.07 Å². The summed E-state index contributed by atoms with van der Waals surface area (Å²) in [6, 6.07) is 3.09. The van der Waals surface area contributed by atoms with Gasteiger partial charge in [-0.15, -0.1) is 0 Å². The Morgan fingerprint density at radius 1 is 1.53 bits per heavy atom. The molecule has 0 aliphatic heterocycles. The summed E-state index contributed by atoms with van der Waals surface area (Å²) in [6.07, 6.45) is 10.1. The molecular weight excluding hydrogens is 236 g/mol. The highest BCUT2D eigenvalue weighted by atomic mass is 15.1. The summed E-state index contributed by atoms with van der Waals surface area (Å²) in [5.74, 6) is 1.13. The summed E-state index contributed by atoms with van der Waals surface area (Å²) in [7, 11) is 0.